The zero-order chi connectivity index (χ0) is 31.9. The molecule has 0 fully saturated rings. The highest BCUT2D eigenvalue weighted by Crippen LogP contribution is 2.13. The van der Waals surface area contributed by atoms with Crippen molar-refractivity contribution in [2.45, 2.75) is 193 Å². The second kappa shape index (κ2) is 30.8. The Balaban J connectivity index is 4.02. The highest BCUT2D eigenvalue weighted by atomic mass is 32.2. The molecule has 6 nitrogen and oxygen atoms in total. The van der Waals surface area contributed by atoms with Crippen molar-refractivity contribution in [1.29, 1.82) is 0 Å². The molecule has 0 saturated heterocycles. The molecule has 0 aliphatic carbocycles. The molecule has 7 heteroatoms. The summed E-state index contributed by atoms with van der Waals surface area (Å²) in [5.74, 6) is -0.987. The van der Waals surface area contributed by atoms with E-state index in [-0.39, 0.29) is 12.3 Å². The number of allylic oxidation sites excluding steroid dienone is 3. The summed E-state index contributed by atoms with van der Waals surface area (Å²) in [5.41, 5.74) is 0. The average Bonchev–Trinajstić information content (AvgIpc) is 2.96. The van der Waals surface area contributed by atoms with E-state index >= 15 is 0 Å². The normalized spacial score (nSPS) is 13.7. The highest BCUT2D eigenvalue weighted by Gasteiger charge is 2.24. The molecule has 0 spiro atoms. The summed E-state index contributed by atoms with van der Waals surface area (Å²) >= 11 is 0. The maximum absolute atomic E-state index is 12.4. The molecule has 0 aliphatic heterocycles. The lowest BCUT2D eigenvalue weighted by molar-refractivity contribution is -0.122. The Morgan fingerprint density at radius 3 is 1.40 bits per heavy atom. The summed E-state index contributed by atoms with van der Waals surface area (Å²) in [6.07, 6.45) is 37.2. The van der Waals surface area contributed by atoms with Crippen LogP contribution in [0.1, 0.15) is 181 Å². The average molecular weight is 628 g/mol. The minimum absolute atomic E-state index is 0.287. The molecule has 0 saturated carbocycles. The van der Waals surface area contributed by atoms with Gasteiger partial charge in [-0.05, 0) is 44.9 Å². The van der Waals surface area contributed by atoms with Crippen LogP contribution >= 0.6 is 0 Å². The van der Waals surface area contributed by atoms with Gasteiger partial charge in [-0.3, -0.25) is 9.35 Å². The first kappa shape index (κ1) is 41.8. The SMILES string of the molecule is CCCCCCC/C=C\CCCCCCCC(=O)NC(CS(=O)(=O)O)C(O)/C=C/CCCCCCCCCCCCCC. The zero-order valence-corrected chi connectivity index (χ0v) is 28.9. The van der Waals surface area contributed by atoms with Crippen LogP contribution in [0.4, 0.5) is 0 Å². The molecule has 0 radical (unpaired) electrons. The molecule has 0 rings (SSSR count). The van der Waals surface area contributed by atoms with E-state index in [0.717, 1.165) is 57.8 Å². The van der Waals surface area contributed by atoms with Crippen LogP contribution < -0.4 is 5.32 Å². The molecule has 3 N–H and O–H groups in total. The van der Waals surface area contributed by atoms with Crippen LogP contribution in [0.15, 0.2) is 24.3 Å². The van der Waals surface area contributed by atoms with Gasteiger partial charge in [-0.1, -0.05) is 154 Å². The number of rotatable bonds is 32. The van der Waals surface area contributed by atoms with Crippen molar-refractivity contribution in [2.75, 3.05) is 5.75 Å². The number of aliphatic hydroxyl groups excluding tert-OH is 1. The van der Waals surface area contributed by atoms with Gasteiger partial charge in [0.25, 0.3) is 10.1 Å². The Bertz CT molecular complexity index is 781. The lowest BCUT2D eigenvalue weighted by Crippen LogP contribution is -2.46. The largest absolute Gasteiger partial charge is 0.387 e. The smallest absolute Gasteiger partial charge is 0.267 e. The third-order valence-electron chi connectivity index (χ3n) is 8.12. The first-order chi connectivity index (χ1) is 20.8. The third-order valence-corrected chi connectivity index (χ3v) is 8.90. The van der Waals surface area contributed by atoms with Crippen LogP contribution in [0.5, 0.6) is 0 Å². The van der Waals surface area contributed by atoms with Crippen molar-refractivity contribution in [3.8, 4) is 0 Å². The van der Waals surface area contributed by atoms with Crippen molar-refractivity contribution < 1.29 is 22.9 Å². The summed E-state index contributed by atoms with van der Waals surface area (Å²) in [7, 11) is -4.34. The molecule has 1 amide bonds. The molecule has 0 heterocycles. The highest BCUT2D eigenvalue weighted by molar-refractivity contribution is 7.85. The maximum atomic E-state index is 12.4. The van der Waals surface area contributed by atoms with Gasteiger partial charge in [0.05, 0.1) is 17.9 Å². The van der Waals surface area contributed by atoms with E-state index in [1.54, 1.807) is 6.08 Å². The van der Waals surface area contributed by atoms with Gasteiger partial charge in [0.1, 0.15) is 0 Å². The quantitative estimate of drug-likeness (QED) is 0.0391. The summed E-state index contributed by atoms with van der Waals surface area (Å²) in [5, 5.41) is 13.2. The minimum atomic E-state index is -4.34. The van der Waals surface area contributed by atoms with Crippen LogP contribution in [0, 0.1) is 0 Å². The number of carbonyl (C=O) groups excluding carboxylic acids is 1. The Hall–Kier alpha value is -1.18. The summed E-state index contributed by atoms with van der Waals surface area (Å²) in [4.78, 5) is 12.4. The van der Waals surface area contributed by atoms with Gasteiger partial charge in [-0.15, -0.1) is 0 Å². The van der Waals surface area contributed by atoms with Gasteiger partial charge in [-0.25, -0.2) is 0 Å². The fraction of sp³-hybridized carbons (Fsp3) is 0.861. The predicted octanol–water partition coefficient (Wildman–Crippen LogP) is 10.0. The Morgan fingerprint density at radius 1 is 0.605 bits per heavy atom. The molecule has 0 aliphatic rings. The van der Waals surface area contributed by atoms with Gasteiger partial charge >= 0.3 is 0 Å². The molecule has 2 unspecified atom stereocenters. The van der Waals surface area contributed by atoms with Crippen LogP contribution in [0.25, 0.3) is 0 Å². The Kier molecular flexibility index (Phi) is 30.0. The Morgan fingerprint density at radius 2 is 0.977 bits per heavy atom. The third kappa shape index (κ3) is 32.0. The summed E-state index contributed by atoms with van der Waals surface area (Å²) in [6.45, 7) is 4.49. The molecular weight excluding hydrogens is 558 g/mol. The second-order valence-electron chi connectivity index (χ2n) is 12.5. The van der Waals surface area contributed by atoms with Crippen molar-refractivity contribution in [1.82, 2.24) is 5.32 Å². The molecule has 0 aromatic rings. The summed E-state index contributed by atoms with van der Waals surface area (Å²) in [6, 6.07) is -1.06. The number of unbranched alkanes of at least 4 members (excludes halogenated alkanes) is 22. The van der Waals surface area contributed by atoms with E-state index in [2.05, 4.69) is 31.3 Å². The first-order valence-electron chi connectivity index (χ1n) is 18.0. The molecule has 43 heavy (non-hydrogen) atoms. The van der Waals surface area contributed by atoms with E-state index in [9.17, 15) is 22.9 Å². The molecule has 0 aromatic heterocycles. The van der Waals surface area contributed by atoms with Crippen LogP contribution in [0.2, 0.25) is 0 Å². The van der Waals surface area contributed by atoms with E-state index in [0.29, 0.717) is 0 Å². The summed E-state index contributed by atoms with van der Waals surface area (Å²) < 4.78 is 32.3. The van der Waals surface area contributed by atoms with Crippen molar-refractivity contribution in [3.63, 3.8) is 0 Å². The van der Waals surface area contributed by atoms with Gasteiger partial charge in [0, 0.05) is 6.42 Å². The molecule has 0 aromatic carbocycles. The van der Waals surface area contributed by atoms with Crippen molar-refractivity contribution in [3.05, 3.63) is 24.3 Å². The molecule has 0 bridgehead atoms. The van der Waals surface area contributed by atoms with Crippen LogP contribution in [-0.2, 0) is 14.9 Å². The van der Waals surface area contributed by atoms with E-state index < -0.39 is 28.0 Å². The van der Waals surface area contributed by atoms with Crippen molar-refractivity contribution >= 4 is 16.0 Å². The number of nitrogens with one attached hydrogen (secondary N) is 1. The fourth-order valence-corrected chi connectivity index (χ4v) is 6.12. The lowest BCUT2D eigenvalue weighted by atomic mass is 10.0. The van der Waals surface area contributed by atoms with Gasteiger partial charge < -0.3 is 10.4 Å². The number of aliphatic hydroxyl groups is 1. The second-order valence-corrected chi connectivity index (χ2v) is 14.0. The minimum Gasteiger partial charge on any atom is -0.387 e. The Labute approximate surface area is 266 Å². The van der Waals surface area contributed by atoms with Crippen LogP contribution in [0.3, 0.4) is 0 Å². The van der Waals surface area contributed by atoms with Crippen molar-refractivity contribution in [2.24, 2.45) is 0 Å². The maximum Gasteiger partial charge on any atom is 0.267 e. The number of hydrogen-bond acceptors (Lipinski definition) is 4. The number of amides is 1. The standard InChI is InChI=1S/C36H69NO5S/c1-3-5-7-9-11-13-15-17-19-21-23-25-27-29-31-35(38)34(33-43(40,41)42)37-36(39)32-30-28-26-24-22-20-18-16-14-12-10-8-6-4-2/h16,18,29,31,34-35,38H,3-15,17,19-28,30,32-33H2,1-2H3,(H,37,39)(H,40,41,42)/b18-16-,31-29+. The molecule has 254 valence electrons. The van der Waals surface area contributed by atoms with Gasteiger partial charge in [0.2, 0.25) is 5.91 Å². The van der Waals surface area contributed by atoms with E-state index in [1.165, 1.54) is 103 Å². The number of carbonyl (C=O) groups is 1. The molecular formula is C36H69NO5S. The van der Waals surface area contributed by atoms with E-state index in [4.69, 9.17) is 0 Å². The first-order valence-corrected chi connectivity index (χ1v) is 19.6. The topological polar surface area (TPSA) is 104 Å². The zero-order valence-electron chi connectivity index (χ0n) is 28.1. The predicted molar refractivity (Wildman–Crippen MR) is 184 cm³/mol. The fourth-order valence-electron chi connectivity index (χ4n) is 5.38. The van der Waals surface area contributed by atoms with Gasteiger partial charge in [0.15, 0.2) is 0 Å². The van der Waals surface area contributed by atoms with Gasteiger partial charge in [-0.2, -0.15) is 8.42 Å². The van der Waals surface area contributed by atoms with E-state index in [1.807, 2.05) is 6.08 Å². The lowest BCUT2D eigenvalue weighted by Gasteiger charge is -2.21. The molecule has 2 atom stereocenters. The number of hydrogen-bond donors (Lipinski definition) is 3. The monoisotopic (exact) mass is 627 g/mol. The van der Waals surface area contributed by atoms with Crippen LogP contribution in [-0.4, -0.2) is 41.9 Å².